The van der Waals surface area contributed by atoms with Crippen LogP contribution >= 0.6 is 11.8 Å². The smallest absolute Gasteiger partial charge is 0.243 e. The van der Waals surface area contributed by atoms with Crippen molar-refractivity contribution in [2.24, 2.45) is 0 Å². The van der Waals surface area contributed by atoms with Gasteiger partial charge in [0.25, 0.3) is 0 Å². The number of hydrogen-bond acceptors (Lipinski definition) is 4. The molecular formula is C13H20N2O2S2. The Morgan fingerprint density at radius 2 is 2.11 bits per heavy atom. The third kappa shape index (κ3) is 3.24. The Kier molecular flexibility index (Phi) is 4.43. The monoisotopic (exact) mass is 300 g/mol. The van der Waals surface area contributed by atoms with Crippen LogP contribution in [0.1, 0.15) is 24.8 Å². The fraction of sp³-hybridized carbons (Fsp3) is 0.538. The van der Waals surface area contributed by atoms with Gasteiger partial charge in [0.15, 0.2) is 0 Å². The van der Waals surface area contributed by atoms with Crippen molar-refractivity contribution in [3.63, 3.8) is 0 Å². The molecule has 0 spiro atoms. The second-order valence-electron chi connectivity index (χ2n) is 4.98. The van der Waals surface area contributed by atoms with Gasteiger partial charge in [-0.2, -0.15) is 11.8 Å². The van der Waals surface area contributed by atoms with Crippen LogP contribution in [-0.4, -0.2) is 26.0 Å². The highest BCUT2D eigenvalue weighted by atomic mass is 32.2. The Bertz CT molecular complexity index is 538. The van der Waals surface area contributed by atoms with Crippen LogP contribution in [0.4, 0.5) is 5.69 Å². The molecule has 2 unspecified atom stereocenters. The van der Waals surface area contributed by atoms with E-state index in [1.165, 1.54) is 0 Å². The molecule has 0 aromatic heterocycles. The number of nitrogen functional groups attached to an aromatic ring is 1. The van der Waals surface area contributed by atoms with E-state index in [2.05, 4.69) is 11.0 Å². The summed E-state index contributed by atoms with van der Waals surface area (Å²) in [4.78, 5) is 0.225. The van der Waals surface area contributed by atoms with Crippen LogP contribution in [0, 0.1) is 6.92 Å². The van der Waals surface area contributed by atoms with Crippen molar-refractivity contribution in [1.82, 2.24) is 4.72 Å². The summed E-state index contributed by atoms with van der Waals surface area (Å²) in [7, 11) is -3.52. The van der Waals surface area contributed by atoms with Crippen LogP contribution in [0.5, 0.6) is 0 Å². The van der Waals surface area contributed by atoms with Crippen LogP contribution in [0.2, 0.25) is 0 Å². The second kappa shape index (κ2) is 5.73. The summed E-state index contributed by atoms with van der Waals surface area (Å²) in [5.41, 5.74) is 6.81. The first kappa shape index (κ1) is 14.7. The topological polar surface area (TPSA) is 72.2 Å². The molecule has 1 aliphatic rings. The Morgan fingerprint density at radius 3 is 2.68 bits per heavy atom. The molecule has 1 aromatic carbocycles. The molecule has 6 heteroatoms. The summed E-state index contributed by atoms with van der Waals surface area (Å²) in [5, 5.41) is 0.557. The number of sulfonamides is 1. The molecule has 1 aromatic rings. The molecule has 0 heterocycles. The van der Waals surface area contributed by atoms with Crippen molar-refractivity contribution in [1.29, 1.82) is 0 Å². The van der Waals surface area contributed by atoms with E-state index in [0.29, 0.717) is 16.5 Å². The van der Waals surface area contributed by atoms with E-state index in [9.17, 15) is 8.42 Å². The van der Waals surface area contributed by atoms with Gasteiger partial charge in [0.2, 0.25) is 10.0 Å². The summed E-state index contributed by atoms with van der Waals surface area (Å²) in [6.07, 6.45) is 4.93. The molecule has 1 aliphatic carbocycles. The van der Waals surface area contributed by atoms with Gasteiger partial charge in [-0.1, -0.05) is 12.1 Å². The summed E-state index contributed by atoms with van der Waals surface area (Å²) in [5.74, 6) is 0. The van der Waals surface area contributed by atoms with E-state index >= 15 is 0 Å². The Morgan fingerprint density at radius 1 is 1.37 bits per heavy atom. The van der Waals surface area contributed by atoms with E-state index in [4.69, 9.17) is 5.73 Å². The molecule has 0 radical (unpaired) electrons. The van der Waals surface area contributed by atoms with Crippen LogP contribution in [0.15, 0.2) is 23.1 Å². The molecule has 0 bridgehead atoms. The number of benzene rings is 1. The van der Waals surface area contributed by atoms with Gasteiger partial charge < -0.3 is 5.73 Å². The third-order valence-corrected chi connectivity index (χ3v) is 6.38. The lowest BCUT2D eigenvalue weighted by molar-refractivity contribution is 0.552. The van der Waals surface area contributed by atoms with Crippen molar-refractivity contribution in [2.75, 3.05) is 12.0 Å². The zero-order chi connectivity index (χ0) is 14.0. The van der Waals surface area contributed by atoms with Gasteiger partial charge in [-0.15, -0.1) is 0 Å². The quantitative estimate of drug-likeness (QED) is 0.836. The summed E-state index contributed by atoms with van der Waals surface area (Å²) >= 11 is 1.80. The lowest BCUT2D eigenvalue weighted by atomic mass is 10.2. The van der Waals surface area contributed by atoms with Gasteiger partial charge in [0.05, 0.1) is 5.69 Å². The lowest BCUT2D eigenvalue weighted by Gasteiger charge is -2.16. The fourth-order valence-electron chi connectivity index (χ4n) is 2.58. The maximum atomic E-state index is 12.4. The highest BCUT2D eigenvalue weighted by Gasteiger charge is 2.29. The molecule has 1 fully saturated rings. The number of thioether (sulfide) groups is 1. The van der Waals surface area contributed by atoms with E-state index in [1.807, 2.05) is 0 Å². The summed E-state index contributed by atoms with van der Waals surface area (Å²) < 4.78 is 27.7. The Labute approximate surface area is 119 Å². The van der Waals surface area contributed by atoms with Crippen LogP contribution in [0.25, 0.3) is 0 Å². The van der Waals surface area contributed by atoms with E-state index in [-0.39, 0.29) is 10.9 Å². The zero-order valence-corrected chi connectivity index (χ0v) is 12.9. The molecule has 0 amide bonds. The predicted octanol–water partition coefficient (Wildman–Crippen LogP) is 2.14. The van der Waals surface area contributed by atoms with Crippen LogP contribution < -0.4 is 10.5 Å². The van der Waals surface area contributed by atoms with Gasteiger partial charge >= 0.3 is 0 Å². The number of rotatable bonds is 4. The number of nitrogens with one attached hydrogen (secondary N) is 1. The second-order valence-corrected chi connectivity index (χ2v) is 7.77. The van der Waals surface area contributed by atoms with Gasteiger partial charge in [-0.25, -0.2) is 13.1 Å². The summed E-state index contributed by atoms with van der Waals surface area (Å²) in [6.45, 7) is 1.77. The number of aryl methyl sites for hydroxylation is 1. The fourth-order valence-corrected chi connectivity index (χ4v) is 5.02. The lowest BCUT2D eigenvalue weighted by Crippen LogP contribution is -2.34. The van der Waals surface area contributed by atoms with Gasteiger partial charge in [-0.05, 0) is 44.1 Å². The minimum absolute atomic E-state index is 0.0291. The third-order valence-electron chi connectivity index (χ3n) is 3.55. The average molecular weight is 300 g/mol. The van der Waals surface area contributed by atoms with E-state index in [1.54, 1.807) is 36.9 Å². The molecule has 0 aliphatic heterocycles. The molecule has 4 nitrogen and oxygen atoms in total. The van der Waals surface area contributed by atoms with Crippen molar-refractivity contribution in [2.45, 2.75) is 42.4 Å². The van der Waals surface area contributed by atoms with Crippen molar-refractivity contribution < 1.29 is 8.42 Å². The Balaban J connectivity index is 2.20. The standard InChI is InChI=1S/C13H20N2O2S2/c1-9-4-3-5-12(14)13(9)19(16,17)15-10-6-7-11(8-10)18-2/h3-5,10-11,15H,6-8,14H2,1-2H3. The van der Waals surface area contributed by atoms with Gasteiger partial charge in [0.1, 0.15) is 4.90 Å². The number of anilines is 1. The number of nitrogens with two attached hydrogens (primary N) is 1. The van der Waals surface area contributed by atoms with E-state index in [0.717, 1.165) is 19.3 Å². The maximum Gasteiger partial charge on any atom is 0.243 e. The van der Waals surface area contributed by atoms with Crippen LogP contribution in [0.3, 0.4) is 0 Å². The van der Waals surface area contributed by atoms with Gasteiger partial charge in [0, 0.05) is 11.3 Å². The van der Waals surface area contributed by atoms with Crippen LogP contribution in [-0.2, 0) is 10.0 Å². The first-order chi connectivity index (χ1) is 8.94. The first-order valence-corrected chi connectivity index (χ1v) is 9.11. The molecule has 3 N–H and O–H groups in total. The SMILES string of the molecule is CSC1CCC(NS(=O)(=O)c2c(C)cccc2N)C1. The Hall–Kier alpha value is -0.720. The molecule has 2 rings (SSSR count). The summed E-state index contributed by atoms with van der Waals surface area (Å²) in [6, 6.07) is 5.19. The highest BCUT2D eigenvalue weighted by molar-refractivity contribution is 7.99. The molecule has 106 valence electrons. The highest BCUT2D eigenvalue weighted by Crippen LogP contribution is 2.30. The minimum atomic E-state index is -3.52. The number of hydrogen-bond donors (Lipinski definition) is 2. The average Bonchev–Trinajstić information content (AvgIpc) is 2.75. The molecule has 0 saturated heterocycles. The largest absolute Gasteiger partial charge is 0.398 e. The first-order valence-electron chi connectivity index (χ1n) is 6.34. The zero-order valence-electron chi connectivity index (χ0n) is 11.2. The maximum absolute atomic E-state index is 12.4. The van der Waals surface area contributed by atoms with E-state index < -0.39 is 10.0 Å². The van der Waals surface area contributed by atoms with Gasteiger partial charge in [-0.3, -0.25) is 0 Å². The van der Waals surface area contributed by atoms with Crippen molar-refractivity contribution >= 4 is 27.5 Å². The minimum Gasteiger partial charge on any atom is -0.398 e. The van der Waals surface area contributed by atoms with Crippen molar-refractivity contribution in [3.8, 4) is 0 Å². The predicted molar refractivity (Wildman–Crippen MR) is 80.9 cm³/mol. The van der Waals surface area contributed by atoms with Crippen molar-refractivity contribution in [3.05, 3.63) is 23.8 Å². The molecule has 1 saturated carbocycles. The molecule has 2 atom stereocenters. The molecule has 19 heavy (non-hydrogen) atoms. The molecular weight excluding hydrogens is 280 g/mol. The normalized spacial score (nSPS) is 23.7.